The van der Waals surface area contributed by atoms with Crippen molar-refractivity contribution in [3.05, 3.63) is 24.3 Å². The van der Waals surface area contributed by atoms with Gasteiger partial charge < -0.3 is 43.6 Å². The Bertz CT molecular complexity index is 509. The summed E-state index contributed by atoms with van der Waals surface area (Å²) in [5.41, 5.74) is 6.32. The van der Waals surface area contributed by atoms with Crippen molar-refractivity contribution < 1.29 is 42.3 Å². The van der Waals surface area contributed by atoms with Gasteiger partial charge in [-0.05, 0) is 24.3 Å². The van der Waals surface area contributed by atoms with Gasteiger partial charge in [-0.2, -0.15) is 0 Å². The third kappa shape index (κ3) is 19.2. The maximum Gasteiger partial charge on any atom is 0.119 e. The molecule has 0 aliphatic carbocycles. The highest BCUT2D eigenvalue weighted by atomic mass is 19.1. The van der Waals surface area contributed by atoms with E-state index >= 15 is 0 Å². The third-order valence-corrected chi connectivity index (χ3v) is 3.83. The summed E-state index contributed by atoms with van der Waals surface area (Å²) in [7, 11) is 0. The van der Waals surface area contributed by atoms with Gasteiger partial charge in [0.25, 0.3) is 0 Å². The number of nitrogen functional groups attached to an aromatic ring is 1. The van der Waals surface area contributed by atoms with Crippen LogP contribution in [0.15, 0.2) is 24.3 Å². The molecule has 0 aromatic heterocycles. The number of hydrogen-bond acceptors (Lipinski definition) is 9. The Labute approximate surface area is 190 Å². The lowest BCUT2D eigenvalue weighted by Gasteiger charge is -2.09. The van der Waals surface area contributed by atoms with E-state index in [1.165, 1.54) is 0 Å². The first-order valence-electron chi connectivity index (χ1n) is 10.9. The smallest absolute Gasteiger partial charge is 0.119 e. The van der Waals surface area contributed by atoms with Gasteiger partial charge in [0.2, 0.25) is 0 Å². The number of rotatable bonds is 24. The normalized spacial score (nSPS) is 11.2. The number of alkyl halides is 1. The number of benzene rings is 1. The van der Waals surface area contributed by atoms with Crippen molar-refractivity contribution in [2.24, 2.45) is 0 Å². The number of nitrogens with two attached hydrogens (primary N) is 1. The molecule has 32 heavy (non-hydrogen) atoms. The van der Waals surface area contributed by atoms with Crippen LogP contribution in [0.1, 0.15) is 0 Å². The quantitative estimate of drug-likeness (QED) is 0.181. The van der Waals surface area contributed by atoms with E-state index in [0.717, 1.165) is 5.75 Å². The highest BCUT2D eigenvalue weighted by molar-refractivity contribution is 5.41. The first kappa shape index (κ1) is 28.5. The van der Waals surface area contributed by atoms with Crippen LogP contribution < -0.4 is 10.5 Å². The molecular formula is C22H38FNO8. The second-order valence-corrected chi connectivity index (χ2v) is 6.39. The van der Waals surface area contributed by atoms with E-state index in [1.54, 1.807) is 12.1 Å². The lowest BCUT2D eigenvalue weighted by molar-refractivity contribution is -0.0214. The second-order valence-electron chi connectivity index (χ2n) is 6.39. The van der Waals surface area contributed by atoms with E-state index in [2.05, 4.69) is 0 Å². The SMILES string of the molecule is Nc1ccc(OCCOCCOCCOCCOCCOCCOCCOCCF)cc1. The van der Waals surface area contributed by atoms with Gasteiger partial charge in [0.05, 0.1) is 92.5 Å². The molecule has 0 unspecified atom stereocenters. The van der Waals surface area contributed by atoms with Crippen molar-refractivity contribution in [2.45, 2.75) is 0 Å². The van der Waals surface area contributed by atoms with Crippen molar-refractivity contribution in [2.75, 3.05) is 112 Å². The molecule has 0 atom stereocenters. The van der Waals surface area contributed by atoms with Crippen LogP contribution in [0, 0.1) is 0 Å². The minimum Gasteiger partial charge on any atom is -0.491 e. The minimum atomic E-state index is -0.471. The summed E-state index contributed by atoms with van der Waals surface area (Å²) in [6, 6.07) is 7.24. The van der Waals surface area contributed by atoms with E-state index < -0.39 is 6.67 Å². The van der Waals surface area contributed by atoms with Crippen LogP contribution >= 0.6 is 0 Å². The van der Waals surface area contributed by atoms with Crippen molar-refractivity contribution >= 4 is 5.69 Å². The van der Waals surface area contributed by atoms with E-state index in [1.807, 2.05) is 12.1 Å². The molecule has 1 aromatic rings. The lowest BCUT2D eigenvalue weighted by atomic mass is 10.3. The van der Waals surface area contributed by atoms with Crippen molar-refractivity contribution in [3.63, 3.8) is 0 Å². The molecule has 0 aliphatic rings. The Kier molecular flexibility index (Phi) is 20.2. The number of halogens is 1. The molecule has 2 N–H and O–H groups in total. The zero-order valence-electron chi connectivity index (χ0n) is 18.8. The van der Waals surface area contributed by atoms with Crippen LogP contribution in [-0.2, 0) is 33.2 Å². The summed E-state index contributed by atoms with van der Waals surface area (Å²) < 4.78 is 54.5. The minimum absolute atomic E-state index is 0.117. The number of ether oxygens (including phenoxy) is 8. The highest BCUT2D eigenvalue weighted by Gasteiger charge is 1.96. The molecule has 0 fully saturated rings. The van der Waals surface area contributed by atoms with Gasteiger partial charge >= 0.3 is 0 Å². The van der Waals surface area contributed by atoms with E-state index in [0.29, 0.717) is 98.2 Å². The summed E-state index contributed by atoms with van der Waals surface area (Å²) >= 11 is 0. The monoisotopic (exact) mass is 463 g/mol. The number of anilines is 1. The maximum atomic E-state index is 11.8. The fourth-order valence-corrected chi connectivity index (χ4v) is 2.26. The van der Waals surface area contributed by atoms with Crippen LogP contribution in [0.4, 0.5) is 10.1 Å². The zero-order valence-corrected chi connectivity index (χ0v) is 18.8. The van der Waals surface area contributed by atoms with Crippen LogP contribution in [0.25, 0.3) is 0 Å². The van der Waals surface area contributed by atoms with Crippen molar-refractivity contribution in [1.82, 2.24) is 0 Å². The summed E-state index contributed by atoms with van der Waals surface area (Å²) in [6.07, 6.45) is 0. The summed E-state index contributed by atoms with van der Waals surface area (Å²) in [6.45, 7) is 6.44. The Hall–Kier alpha value is -1.53. The molecule has 0 amide bonds. The van der Waals surface area contributed by atoms with Crippen LogP contribution in [0.3, 0.4) is 0 Å². The molecule has 186 valence electrons. The van der Waals surface area contributed by atoms with Crippen molar-refractivity contribution in [1.29, 1.82) is 0 Å². The van der Waals surface area contributed by atoms with Crippen LogP contribution in [0.5, 0.6) is 5.75 Å². The molecule has 0 radical (unpaired) electrons. The van der Waals surface area contributed by atoms with Gasteiger partial charge in [-0.1, -0.05) is 0 Å². The summed E-state index contributed by atoms with van der Waals surface area (Å²) in [4.78, 5) is 0. The molecule has 1 rings (SSSR count). The molecule has 9 nitrogen and oxygen atoms in total. The van der Waals surface area contributed by atoms with Crippen molar-refractivity contribution in [3.8, 4) is 5.75 Å². The van der Waals surface area contributed by atoms with E-state index in [-0.39, 0.29) is 6.61 Å². The predicted octanol–water partition coefficient (Wildman–Crippen LogP) is 1.73. The van der Waals surface area contributed by atoms with Gasteiger partial charge in [0, 0.05) is 5.69 Å². The topological polar surface area (TPSA) is 99.9 Å². The molecule has 1 aromatic carbocycles. The molecule has 0 aliphatic heterocycles. The lowest BCUT2D eigenvalue weighted by Crippen LogP contribution is -2.15. The molecule has 10 heteroatoms. The van der Waals surface area contributed by atoms with E-state index in [9.17, 15) is 4.39 Å². The molecule has 0 heterocycles. The fraction of sp³-hybridized carbons (Fsp3) is 0.727. The van der Waals surface area contributed by atoms with Gasteiger partial charge in [0.15, 0.2) is 0 Å². The molecule has 0 saturated carbocycles. The largest absolute Gasteiger partial charge is 0.491 e. The first-order valence-corrected chi connectivity index (χ1v) is 10.9. The predicted molar refractivity (Wildman–Crippen MR) is 118 cm³/mol. The Balaban J connectivity index is 1.67. The van der Waals surface area contributed by atoms with Crippen LogP contribution in [-0.4, -0.2) is 106 Å². The Morgan fingerprint density at radius 1 is 0.469 bits per heavy atom. The molecule has 0 saturated heterocycles. The summed E-state index contributed by atoms with van der Waals surface area (Å²) in [5, 5.41) is 0. The second kappa shape index (κ2) is 22.7. The molecular weight excluding hydrogens is 425 g/mol. The Morgan fingerprint density at radius 3 is 1.12 bits per heavy atom. The van der Waals surface area contributed by atoms with E-state index in [4.69, 9.17) is 43.6 Å². The zero-order chi connectivity index (χ0) is 23.0. The van der Waals surface area contributed by atoms with Gasteiger partial charge in [0.1, 0.15) is 19.0 Å². The maximum absolute atomic E-state index is 11.8. The third-order valence-electron chi connectivity index (χ3n) is 3.83. The standard InChI is InChI=1S/C22H38FNO8/c23-5-6-25-7-8-26-9-10-27-11-12-28-13-14-29-15-16-30-17-18-31-19-20-32-22-3-1-21(24)2-4-22/h1-4H,5-20,24H2. The average Bonchev–Trinajstić information content (AvgIpc) is 2.81. The van der Waals surface area contributed by atoms with Gasteiger partial charge in [-0.25, -0.2) is 4.39 Å². The van der Waals surface area contributed by atoms with Gasteiger partial charge in [-0.3, -0.25) is 0 Å². The van der Waals surface area contributed by atoms with Crippen LogP contribution in [0.2, 0.25) is 0 Å². The molecule has 0 spiro atoms. The fourth-order valence-electron chi connectivity index (χ4n) is 2.26. The average molecular weight is 464 g/mol. The van der Waals surface area contributed by atoms with Gasteiger partial charge in [-0.15, -0.1) is 0 Å². The number of hydrogen-bond donors (Lipinski definition) is 1. The highest BCUT2D eigenvalue weighted by Crippen LogP contribution is 2.12. The Morgan fingerprint density at radius 2 is 0.781 bits per heavy atom. The first-order chi connectivity index (χ1) is 15.8. The summed E-state index contributed by atoms with van der Waals surface area (Å²) in [5.74, 6) is 0.770. The molecule has 0 bridgehead atoms.